The molecule has 41 heavy (non-hydrogen) atoms. The fourth-order valence-corrected chi connectivity index (χ4v) is 4.92. The first kappa shape index (κ1) is 29.2. The van der Waals surface area contributed by atoms with Crippen molar-refractivity contribution in [1.29, 1.82) is 0 Å². The van der Waals surface area contributed by atoms with E-state index in [9.17, 15) is 22.4 Å². The Morgan fingerprint density at radius 2 is 1.61 bits per heavy atom. The summed E-state index contributed by atoms with van der Waals surface area (Å²) in [6.45, 7) is 1.68. The van der Waals surface area contributed by atoms with Crippen molar-refractivity contribution < 1.29 is 27.1 Å². The van der Waals surface area contributed by atoms with Crippen LogP contribution in [-0.4, -0.2) is 42.8 Å². The summed E-state index contributed by atoms with van der Waals surface area (Å²) in [5, 5.41) is 2.82. The number of anilines is 1. The molecule has 9 nitrogen and oxygen atoms in total. The van der Waals surface area contributed by atoms with E-state index < -0.39 is 27.8 Å². The van der Waals surface area contributed by atoms with Crippen LogP contribution in [0.2, 0.25) is 0 Å². The van der Waals surface area contributed by atoms with Gasteiger partial charge >= 0.3 is 0 Å². The lowest BCUT2D eigenvalue weighted by Crippen LogP contribution is -2.48. The summed E-state index contributed by atoms with van der Waals surface area (Å²) < 4.78 is 46.5. The molecule has 0 radical (unpaired) electrons. The number of carbonyl (C=O) groups is 2. The summed E-state index contributed by atoms with van der Waals surface area (Å²) in [6, 6.07) is 24.3. The van der Waals surface area contributed by atoms with Crippen LogP contribution in [0.5, 0.6) is 5.75 Å². The maximum Gasteiger partial charge on any atom is 0.261 e. The van der Waals surface area contributed by atoms with Crippen molar-refractivity contribution in [1.82, 2.24) is 15.2 Å². The van der Waals surface area contributed by atoms with Gasteiger partial charge in [-0.05, 0) is 73.2 Å². The van der Waals surface area contributed by atoms with Crippen LogP contribution < -0.4 is 14.8 Å². The zero-order valence-electron chi connectivity index (χ0n) is 22.2. The predicted octanol–water partition coefficient (Wildman–Crippen LogP) is 4.13. The van der Waals surface area contributed by atoms with Gasteiger partial charge in [0.05, 0.1) is 17.1 Å². The minimum Gasteiger partial charge on any atom is -0.484 e. The van der Waals surface area contributed by atoms with Gasteiger partial charge < -0.3 is 15.0 Å². The number of ether oxygens (including phenoxy) is 1. The van der Waals surface area contributed by atoms with Gasteiger partial charge in [-0.25, -0.2) is 12.8 Å². The number of pyridine rings is 1. The fraction of sp³-hybridized carbons (Fsp3) is 0.167. The van der Waals surface area contributed by atoms with Gasteiger partial charge in [0.2, 0.25) is 5.91 Å². The lowest BCUT2D eigenvalue weighted by molar-refractivity contribution is -0.142. The average Bonchev–Trinajstić information content (AvgIpc) is 2.99. The van der Waals surface area contributed by atoms with Crippen molar-refractivity contribution in [3.05, 3.63) is 120 Å². The van der Waals surface area contributed by atoms with Crippen molar-refractivity contribution in [2.45, 2.75) is 31.0 Å². The van der Waals surface area contributed by atoms with E-state index in [1.54, 1.807) is 25.3 Å². The summed E-state index contributed by atoms with van der Waals surface area (Å²) in [5.74, 6) is -0.982. The Hall–Kier alpha value is -4.77. The van der Waals surface area contributed by atoms with E-state index in [1.807, 2.05) is 36.4 Å². The van der Waals surface area contributed by atoms with E-state index in [4.69, 9.17) is 4.74 Å². The second kappa shape index (κ2) is 13.5. The van der Waals surface area contributed by atoms with Crippen molar-refractivity contribution in [2.24, 2.45) is 0 Å². The van der Waals surface area contributed by atoms with Crippen molar-refractivity contribution in [3.63, 3.8) is 0 Å². The molecule has 0 aliphatic rings. The number of carbonyl (C=O) groups excluding carboxylic acids is 2. The molecule has 0 aliphatic carbocycles. The largest absolute Gasteiger partial charge is 0.484 e. The fourth-order valence-electron chi connectivity index (χ4n) is 3.87. The maximum absolute atomic E-state index is 13.3. The minimum atomic E-state index is -3.92. The highest BCUT2D eigenvalue weighted by molar-refractivity contribution is 7.92. The number of nitrogens with one attached hydrogen (secondary N) is 2. The Labute approximate surface area is 238 Å². The number of aromatic nitrogens is 1. The number of hydrogen-bond acceptors (Lipinski definition) is 6. The van der Waals surface area contributed by atoms with E-state index in [1.165, 1.54) is 41.3 Å². The third-order valence-corrected chi connectivity index (χ3v) is 7.52. The second-order valence-corrected chi connectivity index (χ2v) is 10.8. The van der Waals surface area contributed by atoms with Gasteiger partial charge in [-0.2, -0.15) is 0 Å². The molecular weight excluding hydrogens is 547 g/mol. The maximum atomic E-state index is 13.3. The average molecular weight is 577 g/mol. The van der Waals surface area contributed by atoms with Crippen molar-refractivity contribution in [2.75, 3.05) is 11.3 Å². The molecule has 0 fully saturated rings. The number of rotatable bonds is 12. The molecule has 2 amide bonds. The number of nitrogens with zero attached hydrogens (tertiary/aromatic N) is 2. The first-order valence-corrected chi connectivity index (χ1v) is 14.2. The zero-order chi connectivity index (χ0) is 29.2. The van der Waals surface area contributed by atoms with Crippen LogP contribution in [-0.2, 0) is 32.7 Å². The third-order valence-electron chi connectivity index (χ3n) is 6.13. The van der Waals surface area contributed by atoms with Crippen LogP contribution in [0.4, 0.5) is 10.1 Å². The van der Waals surface area contributed by atoms with Crippen LogP contribution >= 0.6 is 0 Å². The van der Waals surface area contributed by atoms with Crippen LogP contribution in [0.25, 0.3) is 0 Å². The Morgan fingerprint density at radius 3 is 2.27 bits per heavy atom. The molecule has 0 spiro atoms. The van der Waals surface area contributed by atoms with E-state index in [2.05, 4.69) is 15.0 Å². The number of amides is 2. The van der Waals surface area contributed by atoms with Gasteiger partial charge in [0, 0.05) is 18.4 Å². The van der Waals surface area contributed by atoms with Gasteiger partial charge in [0.1, 0.15) is 17.6 Å². The highest BCUT2D eigenvalue weighted by Gasteiger charge is 2.26. The molecule has 212 valence electrons. The second-order valence-electron chi connectivity index (χ2n) is 9.09. The van der Waals surface area contributed by atoms with Crippen LogP contribution in [0.1, 0.15) is 18.2 Å². The van der Waals surface area contributed by atoms with Crippen molar-refractivity contribution in [3.8, 4) is 5.75 Å². The smallest absolute Gasteiger partial charge is 0.261 e. The molecule has 4 rings (SSSR count). The van der Waals surface area contributed by atoms with Crippen LogP contribution in [0, 0.1) is 5.82 Å². The number of benzene rings is 3. The van der Waals surface area contributed by atoms with E-state index >= 15 is 0 Å². The number of sulfonamides is 1. The molecule has 0 saturated heterocycles. The van der Waals surface area contributed by atoms with E-state index in [0.717, 1.165) is 17.7 Å². The van der Waals surface area contributed by atoms with Gasteiger partial charge in [-0.1, -0.05) is 36.4 Å². The van der Waals surface area contributed by atoms with Crippen molar-refractivity contribution >= 4 is 27.5 Å². The lowest BCUT2D eigenvalue weighted by Gasteiger charge is -2.28. The highest BCUT2D eigenvalue weighted by atomic mass is 32.2. The zero-order valence-corrected chi connectivity index (χ0v) is 23.1. The molecular formula is C30H29FN4O5S. The molecule has 0 aliphatic heterocycles. The monoisotopic (exact) mass is 576 g/mol. The van der Waals surface area contributed by atoms with Crippen LogP contribution in [0.3, 0.4) is 0 Å². The Bertz CT molecular complexity index is 1550. The van der Waals surface area contributed by atoms with Gasteiger partial charge in [0.15, 0.2) is 6.61 Å². The topological polar surface area (TPSA) is 118 Å². The number of hydrogen-bond donors (Lipinski definition) is 2. The molecule has 1 atom stereocenters. The minimum absolute atomic E-state index is 0.0376. The first-order chi connectivity index (χ1) is 19.7. The van der Waals surface area contributed by atoms with Gasteiger partial charge in [-0.3, -0.25) is 19.3 Å². The van der Waals surface area contributed by atoms with Gasteiger partial charge in [-0.15, -0.1) is 0 Å². The summed E-state index contributed by atoms with van der Waals surface area (Å²) in [7, 11) is -3.92. The summed E-state index contributed by atoms with van der Waals surface area (Å²) >= 11 is 0. The molecule has 4 aromatic rings. The standard InChI is InChI=1S/C30H29FN4O5S/c1-22(30(37)33-19-26-9-5-6-18-32-26)35(20-23-7-3-2-4-8-23)29(36)21-40-27-14-16-28(17-15-27)41(38,39)34-25-12-10-24(31)11-13-25/h2-18,22,34H,19-21H2,1H3,(H,33,37). The number of halogens is 1. The Morgan fingerprint density at radius 1 is 0.927 bits per heavy atom. The Balaban J connectivity index is 1.40. The molecule has 2 N–H and O–H groups in total. The van der Waals surface area contributed by atoms with Crippen LogP contribution in [0.15, 0.2) is 108 Å². The summed E-state index contributed by atoms with van der Waals surface area (Å²) in [5.41, 5.74) is 1.75. The summed E-state index contributed by atoms with van der Waals surface area (Å²) in [6.07, 6.45) is 1.64. The molecule has 1 heterocycles. The lowest BCUT2D eigenvalue weighted by atomic mass is 10.1. The molecule has 11 heteroatoms. The first-order valence-electron chi connectivity index (χ1n) is 12.7. The predicted molar refractivity (Wildman–Crippen MR) is 152 cm³/mol. The molecule has 1 unspecified atom stereocenters. The SMILES string of the molecule is CC(C(=O)NCc1ccccn1)N(Cc1ccccc1)C(=O)COc1ccc(S(=O)(=O)Nc2ccc(F)cc2)cc1. The van der Waals surface area contributed by atoms with E-state index in [-0.39, 0.29) is 41.9 Å². The molecule has 3 aromatic carbocycles. The van der Waals surface area contributed by atoms with Gasteiger partial charge in [0.25, 0.3) is 15.9 Å². The normalized spacial score (nSPS) is 11.8. The molecule has 0 bridgehead atoms. The highest BCUT2D eigenvalue weighted by Crippen LogP contribution is 2.20. The molecule has 1 aromatic heterocycles. The summed E-state index contributed by atoms with van der Waals surface area (Å²) in [4.78, 5) is 31.8. The molecule has 0 saturated carbocycles. The van der Waals surface area contributed by atoms with E-state index in [0.29, 0.717) is 5.69 Å². The third kappa shape index (κ3) is 8.36. The Kier molecular flexibility index (Phi) is 9.64. The quantitative estimate of drug-likeness (QED) is 0.262.